The number of aliphatic carboxylic acids is 1. The van der Waals surface area contributed by atoms with Crippen LogP contribution >= 0.6 is 0 Å². The van der Waals surface area contributed by atoms with Gasteiger partial charge in [-0.3, -0.25) is 9.59 Å². The van der Waals surface area contributed by atoms with Crippen molar-refractivity contribution in [3.8, 4) is 23.0 Å². The Hall–Kier alpha value is -4.82. The van der Waals surface area contributed by atoms with E-state index in [1.54, 1.807) is 0 Å². The Morgan fingerprint density at radius 1 is 0.936 bits per heavy atom. The number of rotatable bonds is 12. The van der Waals surface area contributed by atoms with Crippen LogP contribution in [0, 0.1) is 5.92 Å². The van der Waals surface area contributed by atoms with Crippen LogP contribution < -0.4 is 24.2 Å². The summed E-state index contributed by atoms with van der Waals surface area (Å²) in [5, 5.41) is 22.3. The molecular weight excluding hydrogens is 630 g/mol. The molecule has 0 spiro atoms. The number of carboxylic acids is 1. The number of benzene rings is 3. The first kappa shape index (κ1) is 33.5. The molecule has 3 aromatic rings. The molecule has 2 heterocycles. The third-order valence-electron chi connectivity index (χ3n) is 8.66. The number of likely N-dealkylation sites (tertiary alicyclic amines) is 1. The van der Waals surface area contributed by atoms with Crippen molar-refractivity contribution in [3.63, 3.8) is 0 Å². The summed E-state index contributed by atoms with van der Waals surface area (Å²) < 4.78 is 45.9. The van der Waals surface area contributed by atoms with E-state index in [1.165, 1.54) is 32.4 Å². The van der Waals surface area contributed by atoms with Crippen LogP contribution in [0.15, 0.2) is 71.6 Å². The zero-order valence-corrected chi connectivity index (χ0v) is 26.8. The van der Waals surface area contributed by atoms with Gasteiger partial charge in [0.1, 0.15) is 11.5 Å². The minimum Gasteiger partial charge on any atom is -0.493 e. The Morgan fingerprint density at radius 3 is 2.17 bits per heavy atom. The van der Waals surface area contributed by atoms with Gasteiger partial charge >= 0.3 is 12.1 Å². The lowest BCUT2D eigenvalue weighted by atomic mass is 9.69. The summed E-state index contributed by atoms with van der Waals surface area (Å²) in [7, 11) is -1.33. The van der Waals surface area contributed by atoms with Crippen molar-refractivity contribution in [2.75, 3.05) is 33.9 Å². The molecule has 2 aliphatic rings. The average molecular weight is 668 g/mol. The highest BCUT2D eigenvalue weighted by molar-refractivity contribution is 7.89. The number of methoxy groups -OCH3 is 2. The van der Waals surface area contributed by atoms with Crippen molar-refractivity contribution in [3.05, 3.63) is 77.9 Å². The molecule has 47 heavy (non-hydrogen) atoms. The van der Waals surface area contributed by atoms with Gasteiger partial charge in [0.15, 0.2) is 11.5 Å². The fraction of sp³-hybridized carbons (Fsp3) is 0.364. The van der Waals surface area contributed by atoms with Crippen LogP contribution in [0.5, 0.6) is 23.0 Å². The number of carbonyl (C=O) groups is 3. The fourth-order valence-electron chi connectivity index (χ4n) is 6.44. The summed E-state index contributed by atoms with van der Waals surface area (Å²) in [6, 6.07) is 18.0. The molecule has 250 valence electrons. The molecule has 3 aromatic carbocycles. The van der Waals surface area contributed by atoms with Crippen LogP contribution in [-0.2, 0) is 25.0 Å². The predicted molar refractivity (Wildman–Crippen MR) is 170 cm³/mol. The predicted octanol–water partition coefficient (Wildman–Crippen LogP) is 3.81. The number of hydrogen-bond donors (Lipinski definition) is 4. The van der Waals surface area contributed by atoms with Crippen molar-refractivity contribution < 1.29 is 47.2 Å². The standard InChI is InChI=1S/C33H37N3O10S/c1-44-28-14-13-23(17-29(28)45-2)47(42,43)35-22-16-21(18-36(19-22)32(40)41)31(39)34-20-33(15-7-12-30(37)38)24-8-3-5-10-26(24)46-27-11-6-4-9-25(27)33/h3-6,8-11,13-14,17,21-22,35H,7,12,15-16,18-20H2,1-2H3,(H,34,39)(H,37,38)(H,40,41)/t21-,22+/m0/s1. The third-order valence-corrected chi connectivity index (χ3v) is 10.2. The van der Waals surface area contributed by atoms with Gasteiger partial charge in [-0.05, 0) is 43.5 Å². The molecule has 2 amide bonds. The van der Waals surface area contributed by atoms with Crippen LogP contribution in [0.1, 0.15) is 36.8 Å². The van der Waals surface area contributed by atoms with E-state index in [4.69, 9.17) is 14.2 Å². The monoisotopic (exact) mass is 667 g/mol. The highest BCUT2D eigenvalue weighted by Gasteiger charge is 2.43. The Kier molecular flexibility index (Phi) is 9.91. The molecule has 0 aliphatic carbocycles. The summed E-state index contributed by atoms with van der Waals surface area (Å²) in [5.74, 6) is -0.532. The van der Waals surface area contributed by atoms with Crippen LogP contribution in [-0.4, -0.2) is 81.4 Å². The molecule has 1 fully saturated rings. The summed E-state index contributed by atoms with van der Waals surface area (Å²) >= 11 is 0. The van der Waals surface area contributed by atoms with Crippen LogP contribution in [0.3, 0.4) is 0 Å². The lowest BCUT2D eigenvalue weighted by molar-refractivity contribution is -0.137. The summed E-state index contributed by atoms with van der Waals surface area (Å²) in [4.78, 5) is 38.3. The maximum absolute atomic E-state index is 13.8. The van der Waals surface area contributed by atoms with Crippen molar-refractivity contribution >= 4 is 28.0 Å². The minimum atomic E-state index is -4.14. The summed E-state index contributed by atoms with van der Waals surface area (Å²) in [6.07, 6.45) is -0.598. The molecule has 5 rings (SSSR count). The number of nitrogens with one attached hydrogen (secondary N) is 2. The van der Waals surface area contributed by atoms with Crippen molar-refractivity contribution in [1.29, 1.82) is 0 Å². The lowest BCUT2D eigenvalue weighted by Crippen LogP contribution is -2.56. The zero-order valence-electron chi connectivity index (χ0n) is 26.0. The maximum atomic E-state index is 13.8. The number of hydrogen-bond acceptors (Lipinski definition) is 8. The number of ether oxygens (including phenoxy) is 3. The number of fused-ring (bicyclic) bond motifs is 2. The van der Waals surface area contributed by atoms with Gasteiger partial charge in [-0.1, -0.05) is 36.4 Å². The number of piperidine rings is 1. The van der Waals surface area contributed by atoms with E-state index in [0.29, 0.717) is 30.1 Å². The van der Waals surface area contributed by atoms with Crippen LogP contribution in [0.25, 0.3) is 0 Å². The lowest BCUT2D eigenvalue weighted by Gasteiger charge is -2.41. The average Bonchev–Trinajstić information content (AvgIpc) is 3.06. The first-order valence-electron chi connectivity index (χ1n) is 15.1. The molecule has 0 saturated carbocycles. The third kappa shape index (κ3) is 7.13. The Labute approximate surface area is 272 Å². The highest BCUT2D eigenvalue weighted by Crippen LogP contribution is 2.50. The number of carboxylic acid groups (broad SMARTS) is 2. The van der Waals surface area contributed by atoms with Gasteiger partial charge in [0, 0.05) is 54.7 Å². The summed E-state index contributed by atoms with van der Waals surface area (Å²) in [6.45, 7) is -0.199. The van der Waals surface area contributed by atoms with E-state index >= 15 is 0 Å². The van der Waals surface area contributed by atoms with E-state index in [0.717, 1.165) is 16.0 Å². The molecule has 0 unspecified atom stereocenters. The Balaban J connectivity index is 1.39. The smallest absolute Gasteiger partial charge is 0.407 e. The van der Waals surface area contributed by atoms with Crippen LogP contribution in [0.2, 0.25) is 0 Å². The minimum absolute atomic E-state index is 0.0461. The molecule has 13 nitrogen and oxygen atoms in total. The summed E-state index contributed by atoms with van der Waals surface area (Å²) in [5.41, 5.74) is 0.744. The van der Waals surface area contributed by atoms with Gasteiger partial charge in [-0.15, -0.1) is 0 Å². The second kappa shape index (κ2) is 13.9. The first-order valence-corrected chi connectivity index (χ1v) is 16.5. The quantitative estimate of drug-likeness (QED) is 0.222. The van der Waals surface area contributed by atoms with Gasteiger partial charge in [0.2, 0.25) is 15.9 Å². The van der Waals surface area contributed by atoms with E-state index in [1.807, 2.05) is 48.5 Å². The molecule has 2 aliphatic heterocycles. The SMILES string of the molecule is COc1ccc(S(=O)(=O)N[C@@H]2C[C@H](C(=O)NCC3(CCCC(=O)O)c4ccccc4Oc4ccccc43)CN(C(=O)O)C2)cc1OC. The molecule has 0 radical (unpaired) electrons. The maximum Gasteiger partial charge on any atom is 0.407 e. The molecular formula is C33H37N3O10S. The van der Waals surface area contributed by atoms with E-state index in [-0.39, 0.29) is 43.1 Å². The molecule has 4 N–H and O–H groups in total. The molecule has 0 aromatic heterocycles. The number of amides is 2. The van der Waals surface area contributed by atoms with Gasteiger partial charge in [-0.2, -0.15) is 0 Å². The van der Waals surface area contributed by atoms with Gasteiger partial charge in [0.25, 0.3) is 0 Å². The second-order valence-electron chi connectivity index (χ2n) is 11.6. The topological polar surface area (TPSA) is 181 Å². The number of para-hydroxylation sites is 2. The number of nitrogens with zero attached hydrogens (tertiary/aromatic N) is 1. The molecule has 2 atom stereocenters. The van der Waals surface area contributed by atoms with Crippen LogP contribution in [0.4, 0.5) is 4.79 Å². The number of carbonyl (C=O) groups excluding carboxylic acids is 1. The Morgan fingerprint density at radius 2 is 1.57 bits per heavy atom. The van der Waals surface area contributed by atoms with Gasteiger partial charge in [0.05, 0.1) is 25.0 Å². The van der Waals surface area contributed by atoms with E-state index in [2.05, 4.69) is 10.0 Å². The van der Waals surface area contributed by atoms with E-state index in [9.17, 15) is 33.0 Å². The molecule has 1 saturated heterocycles. The zero-order chi connectivity index (χ0) is 33.8. The Bertz CT molecular complexity index is 1720. The largest absolute Gasteiger partial charge is 0.493 e. The van der Waals surface area contributed by atoms with Crippen molar-refractivity contribution in [2.45, 2.75) is 42.0 Å². The number of sulfonamides is 1. The second-order valence-corrected chi connectivity index (χ2v) is 13.3. The molecule has 14 heteroatoms. The first-order chi connectivity index (χ1) is 22.5. The molecule has 0 bridgehead atoms. The van der Waals surface area contributed by atoms with Crippen molar-refractivity contribution in [1.82, 2.24) is 14.9 Å². The van der Waals surface area contributed by atoms with Gasteiger partial charge in [-0.25, -0.2) is 17.9 Å². The van der Waals surface area contributed by atoms with E-state index < -0.39 is 45.4 Å². The fourth-order valence-corrected chi connectivity index (χ4v) is 7.69. The van der Waals surface area contributed by atoms with Crippen molar-refractivity contribution in [2.24, 2.45) is 5.92 Å². The highest BCUT2D eigenvalue weighted by atomic mass is 32.2. The normalized spacial score (nSPS) is 18.2. The van der Waals surface area contributed by atoms with Gasteiger partial charge < -0.3 is 34.6 Å².